The normalized spacial score (nSPS) is 11.3. The maximum atomic E-state index is 11.6. The summed E-state index contributed by atoms with van der Waals surface area (Å²) in [5, 5.41) is 5.62. The predicted molar refractivity (Wildman–Crippen MR) is 73.1 cm³/mol. The maximum Gasteiger partial charge on any atom is 0.240 e. The molecular formula is C12H19N3O3S. The van der Waals surface area contributed by atoms with Crippen LogP contribution >= 0.6 is 0 Å². The van der Waals surface area contributed by atoms with Gasteiger partial charge in [0.2, 0.25) is 15.9 Å². The number of hydrogen-bond donors (Lipinski definition) is 3. The minimum atomic E-state index is -3.45. The van der Waals surface area contributed by atoms with Crippen molar-refractivity contribution in [2.24, 2.45) is 0 Å². The van der Waals surface area contributed by atoms with Gasteiger partial charge in [0.05, 0.1) is 4.90 Å². The van der Waals surface area contributed by atoms with Crippen LogP contribution in [-0.2, 0) is 21.4 Å². The van der Waals surface area contributed by atoms with E-state index in [2.05, 4.69) is 15.4 Å². The number of amides is 1. The zero-order valence-electron chi connectivity index (χ0n) is 11.1. The van der Waals surface area contributed by atoms with Crippen molar-refractivity contribution in [3.05, 3.63) is 29.8 Å². The molecule has 19 heavy (non-hydrogen) atoms. The molecular weight excluding hydrogens is 266 g/mol. The standard InChI is InChI=1S/C12H19N3O3S/c1-13-7-6-12(16)15-9-10-4-3-5-11(8-10)19(17,18)14-2/h3-5,8,13-14H,6-7,9H2,1-2H3,(H,15,16). The van der Waals surface area contributed by atoms with E-state index in [9.17, 15) is 13.2 Å². The van der Waals surface area contributed by atoms with Gasteiger partial charge in [-0.05, 0) is 31.8 Å². The van der Waals surface area contributed by atoms with Crippen molar-refractivity contribution >= 4 is 15.9 Å². The maximum absolute atomic E-state index is 11.6. The Labute approximate surface area is 113 Å². The number of benzene rings is 1. The molecule has 1 aromatic carbocycles. The molecule has 0 fully saturated rings. The lowest BCUT2D eigenvalue weighted by atomic mass is 10.2. The van der Waals surface area contributed by atoms with Gasteiger partial charge < -0.3 is 10.6 Å². The number of carbonyl (C=O) groups excluding carboxylic acids is 1. The molecule has 7 heteroatoms. The monoisotopic (exact) mass is 285 g/mol. The van der Waals surface area contributed by atoms with E-state index in [4.69, 9.17) is 0 Å². The Morgan fingerprint density at radius 3 is 2.63 bits per heavy atom. The zero-order valence-corrected chi connectivity index (χ0v) is 11.9. The average Bonchev–Trinajstić information content (AvgIpc) is 2.43. The first-order chi connectivity index (χ1) is 8.99. The van der Waals surface area contributed by atoms with Crippen LogP contribution in [-0.4, -0.2) is 35.0 Å². The molecule has 3 N–H and O–H groups in total. The fourth-order valence-electron chi connectivity index (χ4n) is 1.47. The topological polar surface area (TPSA) is 87.3 Å². The summed E-state index contributed by atoms with van der Waals surface area (Å²) in [6, 6.07) is 6.48. The van der Waals surface area contributed by atoms with Gasteiger partial charge >= 0.3 is 0 Å². The predicted octanol–water partition coefficient (Wildman–Crippen LogP) is -0.180. The van der Waals surface area contributed by atoms with E-state index in [1.807, 2.05) is 0 Å². The Balaban J connectivity index is 2.66. The quantitative estimate of drug-likeness (QED) is 0.648. The van der Waals surface area contributed by atoms with Gasteiger partial charge in [0.15, 0.2) is 0 Å². The Kier molecular flexibility index (Phi) is 5.94. The summed E-state index contributed by atoms with van der Waals surface area (Å²) >= 11 is 0. The average molecular weight is 285 g/mol. The first-order valence-corrected chi connectivity index (χ1v) is 7.41. The molecule has 0 aromatic heterocycles. The van der Waals surface area contributed by atoms with Crippen molar-refractivity contribution in [1.82, 2.24) is 15.4 Å². The minimum Gasteiger partial charge on any atom is -0.352 e. The van der Waals surface area contributed by atoms with Gasteiger partial charge in [0.1, 0.15) is 0 Å². The molecule has 0 radical (unpaired) electrons. The molecule has 6 nitrogen and oxygen atoms in total. The third-order valence-corrected chi connectivity index (χ3v) is 3.98. The first-order valence-electron chi connectivity index (χ1n) is 5.93. The summed E-state index contributed by atoms with van der Waals surface area (Å²) in [5.41, 5.74) is 0.745. The Morgan fingerprint density at radius 2 is 2.00 bits per heavy atom. The van der Waals surface area contributed by atoms with E-state index < -0.39 is 10.0 Å². The molecule has 0 aliphatic carbocycles. The van der Waals surface area contributed by atoms with Crippen molar-refractivity contribution < 1.29 is 13.2 Å². The minimum absolute atomic E-state index is 0.0729. The van der Waals surface area contributed by atoms with Gasteiger partial charge in [-0.3, -0.25) is 4.79 Å². The van der Waals surface area contributed by atoms with Crippen LogP contribution in [0.4, 0.5) is 0 Å². The van der Waals surface area contributed by atoms with Crippen LogP contribution in [0.2, 0.25) is 0 Å². The van der Waals surface area contributed by atoms with Gasteiger partial charge in [-0.15, -0.1) is 0 Å². The van der Waals surface area contributed by atoms with E-state index in [0.29, 0.717) is 19.5 Å². The SMILES string of the molecule is CNCCC(=O)NCc1cccc(S(=O)(=O)NC)c1. The molecule has 1 aromatic rings. The summed E-state index contributed by atoms with van der Waals surface area (Å²) < 4.78 is 25.5. The summed E-state index contributed by atoms with van der Waals surface area (Å²) in [4.78, 5) is 11.6. The van der Waals surface area contributed by atoms with E-state index in [-0.39, 0.29) is 10.8 Å². The molecule has 0 unspecified atom stereocenters. The van der Waals surface area contributed by atoms with Gasteiger partial charge in [0, 0.05) is 19.5 Å². The van der Waals surface area contributed by atoms with Crippen LogP contribution in [0, 0.1) is 0 Å². The molecule has 0 spiro atoms. The van der Waals surface area contributed by atoms with E-state index in [1.165, 1.54) is 13.1 Å². The van der Waals surface area contributed by atoms with Crippen molar-refractivity contribution in [2.75, 3.05) is 20.6 Å². The second kappa shape index (κ2) is 7.22. The number of hydrogen-bond acceptors (Lipinski definition) is 4. The Bertz CT molecular complexity index is 529. The number of carbonyl (C=O) groups is 1. The highest BCUT2D eigenvalue weighted by Crippen LogP contribution is 2.10. The summed E-state index contributed by atoms with van der Waals surface area (Å²) in [6.07, 6.45) is 0.394. The fourth-order valence-corrected chi connectivity index (χ4v) is 2.27. The second-order valence-corrected chi connectivity index (χ2v) is 5.87. The van der Waals surface area contributed by atoms with Crippen molar-refractivity contribution in [2.45, 2.75) is 17.9 Å². The number of nitrogens with one attached hydrogen (secondary N) is 3. The highest BCUT2D eigenvalue weighted by Gasteiger charge is 2.11. The molecule has 0 atom stereocenters. The van der Waals surface area contributed by atoms with E-state index in [0.717, 1.165) is 5.56 Å². The zero-order chi connectivity index (χ0) is 14.3. The van der Waals surface area contributed by atoms with Gasteiger partial charge in [-0.25, -0.2) is 13.1 Å². The first kappa shape index (κ1) is 15.6. The third-order valence-electron chi connectivity index (χ3n) is 2.57. The van der Waals surface area contributed by atoms with Crippen molar-refractivity contribution in [1.29, 1.82) is 0 Å². The smallest absolute Gasteiger partial charge is 0.240 e. The van der Waals surface area contributed by atoms with Gasteiger partial charge in [0.25, 0.3) is 0 Å². The molecule has 0 aliphatic heterocycles. The molecule has 0 saturated carbocycles. The molecule has 0 heterocycles. The molecule has 0 aliphatic rings. The van der Waals surface area contributed by atoms with E-state index >= 15 is 0 Å². The summed E-state index contributed by atoms with van der Waals surface area (Å²) in [6.45, 7) is 0.926. The third kappa shape index (κ3) is 4.98. The molecule has 0 saturated heterocycles. The van der Waals surface area contributed by atoms with Crippen molar-refractivity contribution in [3.63, 3.8) is 0 Å². The molecule has 1 rings (SSSR count). The second-order valence-electron chi connectivity index (χ2n) is 3.99. The lowest BCUT2D eigenvalue weighted by Gasteiger charge is -2.07. The van der Waals surface area contributed by atoms with Gasteiger partial charge in [-0.2, -0.15) is 0 Å². The molecule has 106 valence electrons. The van der Waals surface area contributed by atoms with E-state index in [1.54, 1.807) is 25.2 Å². The number of sulfonamides is 1. The summed E-state index contributed by atoms with van der Waals surface area (Å²) in [5.74, 6) is -0.0729. The fraction of sp³-hybridized carbons (Fsp3) is 0.417. The highest BCUT2D eigenvalue weighted by molar-refractivity contribution is 7.89. The van der Waals surface area contributed by atoms with Crippen LogP contribution < -0.4 is 15.4 Å². The van der Waals surface area contributed by atoms with Crippen LogP contribution in [0.25, 0.3) is 0 Å². The van der Waals surface area contributed by atoms with Crippen LogP contribution in [0.3, 0.4) is 0 Å². The van der Waals surface area contributed by atoms with Crippen molar-refractivity contribution in [3.8, 4) is 0 Å². The Hall–Kier alpha value is -1.44. The summed E-state index contributed by atoms with van der Waals surface area (Å²) in [7, 11) is -0.306. The van der Waals surface area contributed by atoms with Crippen LogP contribution in [0.15, 0.2) is 29.2 Å². The Morgan fingerprint density at radius 1 is 1.26 bits per heavy atom. The molecule has 1 amide bonds. The van der Waals surface area contributed by atoms with Crippen LogP contribution in [0.5, 0.6) is 0 Å². The lowest BCUT2D eigenvalue weighted by molar-refractivity contribution is -0.121. The largest absolute Gasteiger partial charge is 0.352 e. The highest BCUT2D eigenvalue weighted by atomic mass is 32.2. The van der Waals surface area contributed by atoms with Crippen LogP contribution in [0.1, 0.15) is 12.0 Å². The molecule has 0 bridgehead atoms. The number of rotatable bonds is 7. The van der Waals surface area contributed by atoms with Gasteiger partial charge in [-0.1, -0.05) is 12.1 Å². The lowest BCUT2D eigenvalue weighted by Crippen LogP contribution is -2.26.